The molecule has 2 rings (SSSR count). The average molecular weight is 300 g/mol. The summed E-state index contributed by atoms with van der Waals surface area (Å²) in [5.74, 6) is -7.04. The van der Waals surface area contributed by atoms with E-state index in [1.165, 1.54) is 0 Å². The minimum atomic E-state index is -1.65. The molecule has 8 heteroatoms. The maximum atomic E-state index is 13.3. The Morgan fingerprint density at radius 3 is 2.14 bits per heavy atom. The number of anilines is 3. The molecule has 2 aromatic rings. The van der Waals surface area contributed by atoms with E-state index >= 15 is 0 Å². The third kappa shape index (κ3) is 2.73. The Kier molecular flexibility index (Phi) is 3.70. The van der Waals surface area contributed by atoms with Crippen molar-refractivity contribution in [2.75, 3.05) is 11.1 Å². The zero-order valence-electron chi connectivity index (χ0n) is 10.3. The maximum absolute atomic E-state index is 13.3. The fourth-order valence-corrected chi connectivity index (χ4v) is 1.71. The molecule has 0 aliphatic rings. The first-order valence-corrected chi connectivity index (χ1v) is 5.54. The number of hydrogen-bond acceptors (Lipinski definition) is 3. The summed E-state index contributed by atoms with van der Waals surface area (Å²) in [6.45, 7) is 0. The van der Waals surface area contributed by atoms with Crippen molar-refractivity contribution in [3.05, 3.63) is 53.1 Å². The molecule has 0 atom stereocenters. The standard InChI is InChI=1S/C13H8F4N2O2/c14-6-1-2-9(10(12(6)18)13(20)21)19-5-3-7(15)11(17)8(16)4-5/h1-4,19H,18H2,(H,20,21). The molecular weight excluding hydrogens is 292 g/mol. The summed E-state index contributed by atoms with van der Waals surface area (Å²) in [5.41, 5.74) is 3.65. The zero-order chi connectivity index (χ0) is 15.7. The van der Waals surface area contributed by atoms with E-state index in [0.717, 1.165) is 12.1 Å². The molecule has 110 valence electrons. The van der Waals surface area contributed by atoms with Crippen LogP contribution >= 0.6 is 0 Å². The summed E-state index contributed by atoms with van der Waals surface area (Å²) in [7, 11) is 0. The van der Waals surface area contributed by atoms with Gasteiger partial charge in [-0.15, -0.1) is 0 Å². The van der Waals surface area contributed by atoms with Gasteiger partial charge in [0.05, 0.1) is 11.4 Å². The maximum Gasteiger partial charge on any atom is 0.340 e. The highest BCUT2D eigenvalue weighted by molar-refractivity contribution is 6.00. The van der Waals surface area contributed by atoms with Crippen LogP contribution in [0, 0.1) is 23.3 Å². The highest BCUT2D eigenvalue weighted by Gasteiger charge is 2.18. The number of benzene rings is 2. The van der Waals surface area contributed by atoms with Crippen LogP contribution in [0.3, 0.4) is 0 Å². The molecular formula is C13H8F4N2O2. The summed E-state index contributed by atoms with van der Waals surface area (Å²) in [6.07, 6.45) is 0. The van der Waals surface area contributed by atoms with Gasteiger partial charge in [0.15, 0.2) is 17.5 Å². The van der Waals surface area contributed by atoms with E-state index in [4.69, 9.17) is 10.8 Å². The summed E-state index contributed by atoms with van der Waals surface area (Å²) < 4.78 is 52.3. The van der Waals surface area contributed by atoms with Crippen molar-refractivity contribution in [3.63, 3.8) is 0 Å². The number of nitrogens with two attached hydrogens (primary N) is 1. The van der Waals surface area contributed by atoms with Gasteiger partial charge < -0.3 is 16.2 Å². The number of carboxylic acids is 1. The van der Waals surface area contributed by atoms with Crippen LogP contribution < -0.4 is 11.1 Å². The normalized spacial score (nSPS) is 10.5. The Morgan fingerprint density at radius 2 is 1.62 bits per heavy atom. The van der Waals surface area contributed by atoms with E-state index in [2.05, 4.69) is 5.32 Å². The predicted molar refractivity (Wildman–Crippen MR) is 67.4 cm³/mol. The fourth-order valence-electron chi connectivity index (χ4n) is 1.71. The molecule has 0 bridgehead atoms. The Balaban J connectivity index is 2.50. The molecule has 0 spiro atoms. The summed E-state index contributed by atoms with van der Waals surface area (Å²) in [4.78, 5) is 11.1. The highest BCUT2D eigenvalue weighted by atomic mass is 19.2. The van der Waals surface area contributed by atoms with E-state index in [9.17, 15) is 22.4 Å². The lowest BCUT2D eigenvalue weighted by atomic mass is 10.1. The molecule has 0 amide bonds. The number of nitrogens with one attached hydrogen (secondary N) is 1. The Morgan fingerprint density at radius 1 is 1.05 bits per heavy atom. The van der Waals surface area contributed by atoms with E-state index < -0.39 is 40.5 Å². The van der Waals surface area contributed by atoms with Gasteiger partial charge in [0, 0.05) is 17.8 Å². The first-order chi connectivity index (χ1) is 9.81. The van der Waals surface area contributed by atoms with Gasteiger partial charge in [-0.25, -0.2) is 22.4 Å². The van der Waals surface area contributed by atoms with Gasteiger partial charge in [-0.1, -0.05) is 0 Å². The van der Waals surface area contributed by atoms with Crippen LogP contribution in [0.1, 0.15) is 10.4 Å². The quantitative estimate of drug-likeness (QED) is 0.462. The molecule has 0 heterocycles. The molecule has 21 heavy (non-hydrogen) atoms. The van der Waals surface area contributed by atoms with Crippen molar-refractivity contribution >= 4 is 23.0 Å². The van der Waals surface area contributed by atoms with Crippen molar-refractivity contribution < 1.29 is 27.5 Å². The lowest BCUT2D eigenvalue weighted by Crippen LogP contribution is -2.09. The van der Waals surface area contributed by atoms with Crippen molar-refractivity contribution in [2.24, 2.45) is 0 Å². The van der Waals surface area contributed by atoms with E-state index in [1.54, 1.807) is 0 Å². The monoisotopic (exact) mass is 300 g/mol. The summed E-state index contributed by atoms with van der Waals surface area (Å²) in [6, 6.07) is 3.18. The van der Waals surface area contributed by atoms with Crippen molar-refractivity contribution in [2.45, 2.75) is 0 Å². The number of halogens is 4. The van der Waals surface area contributed by atoms with Crippen molar-refractivity contribution in [1.29, 1.82) is 0 Å². The second kappa shape index (κ2) is 5.31. The SMILES string of the molecule is Nc1c(F)ccc(Nc2cc(F)c(F)c(F)c2)c1C(=O)O. The van der Waals surface area contributed by atoms with Crippen LogP contribution in [0.25, 0.3) is 0 Å². The molecule has 0 fully saturated rings. The lowest BCUT2D eigenvalue weighted by molar-refractivity contribution is 0.0698. The molecule has 0 radical (unpaired) electrons. The molecule has 0 aromatic heterocycles. The number of rotatable bonds is 3. The van der Waals surface area contributed by atoms with Crippen LogP contribution in [0.15, 0.2) is 24.3 Å². The van der Waals surface area contributed by atoms with Gasteiger partial charge >= 0.3 is 5.97 Å². The minimum absolute atomic E-state index is 0.188. The average Bonchev–Trinajstić information content (AvgIpc) is 2.40. The predicted octanol–water partition coefficient (Wildman–Crippen LogP) is 3.27. The Bertz CT molecular complexity index is 711. The second-order valence-electron chi connectivity index (χ2n) is 4.07. The fraction of sp³-hybridized carbons (Fsp3) is 0. The van der Waals surface area contributed by atoms with Gasteiger partial charge in [0.1, 0.15) is 11.4 Å². The minimum Gasteiger partial charge on any atom is -0.478 e. The van der Waals surface area contributed by atoms with E-state index in [0.29, 0.717) is 12.1 Å². The van der Waals surface area contributed by atoms with Crippen LogP contribution in [-0.4, -0.2) is 11.1 Å². The van der Waals surface area contributed by atoms with Crippen LogP contribution in [0.5, 0.6) is 0 Å². The third-order valence-electron chi connectivity index (χ3n) is 2.67. The molecule has 0 saturated heterocycles. The molecule has 4 nitrogen and oxygen atoms in total. The Labute approximate surface area is 115 Å². The molecule has 0 unspecified atom stereocenters. The molecule has 0 aliphatic heterocycles. The van der Waals surface area contributed by atoms with Crippen molar-refractivity contribution in [3.8, 4) is 0 Å². The van der Waals surface area contributed by atoms with E-state index in [-0.39, 0.29) is 11.4 Å². The van der Waals surface area contributed by atoms with Crippen molar-refractivity contribution in [1.82, 2.24) is 0 Å². The topological polar surface area (TPSA) is 75.3 Å². The molecule has 0 saturated carbocycles. The second-order valence-corrected chi connectivity index (χ2v) is 4.07. The smallest absolute Gasteiger partial charge is 0.340 e. The zero-order valence-corrected chi connectivity index (χ0v) is 10.3. The first-order valence-electron chi connectivity index (χ1n) is 5.54. The molecule has 2 aromatic carbocycles. The van der Waals surface area contributed by atoms with E-state index in [1.807, 2.05) is 0 Å². The largest absolute Gasteiger partial charge is 0.478 e. The highest BCUT2D eigenvalue weighted by Crippen LogP contribution is 2.29. The number of carbonyl (C=O) groups is 1. The van der Waals surface area contributed by atoms with Crippen LogP contribution in [0.4, 0.5) is 34.6 Å². The summed E-state index contributed by atoms with van der Waals surface area (Å²) in [5, 5.41) is 11.4. The molecule has 4 N–H and O–H groups in total. The Hall–Kier alpha value is -2.77. The number of carboxylic acid groups (broad SMARTS) is 1. The van der Waals surface area contributed by atoms with Gasteiger partial charge in [-0.05, 0) is 12.1 Å². The number of nitrogen functional groups attached to an aromatic ring is 1. The van der Waals surface area contributed by atoms with Gasteiger partial charge in [0.25, 0.3) is 0 Å². The van der Waals surface area contributed by atoms with Crippen LogP contribution in [-0.2, 0) is 0 Å². The van der Waals surface area contributed by atoms with Crippen LogP contribution in [0.2, 0.25) is 0 Å². The van der Waals surface area contributed by atoms with Gasteiger partial charge in [-0.2, -0.15) is 0 Å². The molecule has 0 aliphatic carbocycles. The third-order valence-corrected chi connectivity index (χ3v) is 2.67. The van der Waals surface area contributed by atoms with Gasteiger partial charge in [-0.3, -0.25) is 0 Å². The lowest BCUT2D eigenvalue weighted by Gasteiger charge is -2.12. The number of hydrogen-bond donors (Lipinski definition) is 3. The first kappa shape index (κ1) is 14.6. The summed E-state index contributed by atoms with van der Waals surface area (Å²) >= 11 is 0. The number of aromatic carboxylic acids is 1. The van der Waals surface area contributed by atoms with Gasteiger partial charge in [0.2, 0.25) is 0 Å².